The van der Waals surface area contributed by atoms with Crippen molar-refractivity contribution in [1.29, 1.82) is 0 Å². The van der Waals surface area contributed by atoms with Crippen molar-refractivity contribution in [3.63, 3.8) is 0 Å². The van der Waals surface area contributed by atoms with Crippen LogP contribution in [-0.2, 0) is 9.53 Å². The molecule has 0 aliphatic heterocycles. The molecule has 0 atom stereocenters. The molecular weight excluding hydrogens is 300 g/mol. The van der Waals surface area contributed by atoms with Gasteiger partial charge < -0.3 is 15.4 Å². The summed E-state index contributed by atoms with van der Waals surface area (Å²) in [7, 11) is 1.36. The summed E-state index contributed by atoms with van der Waals surface area (Å²) in [5.41, 5.74) is 1.46. The molecule has 0 spiro atoms. The van der Waals surface area contributed by atoms with Crippen LogP contribution in [0.4, 0.5) is 10.5 Å². The van der Waals surface area contributed by atoms with Crippen LogP contribution < -0.4 is 10.6 Å². The maximum absolute atomic E-state index is 11.7. The first kappa shape index (κ1) is 16.4. The van der Waals surface area contributed by atoms with Crippen LogP contribution in [0.2, 0.25) is 0 Å². The summed E-state index contributed by atoms with van der Waals surface area (Å²) in [6.07, 6.45) is 3.23. The Balaban J connectivity index is 1.70. The van der Waals surface area contributed by atoms with Crippen molar-refractivity contribution in [2.45, 2.75) is 19.3 Å². The largest absolute Gasteiger partial charge is 0.469 e. The number of tetrazole rings is 1. The second kappa shape index (κ2) is 8.47. The third-order valence-electron chi connectivity index (χ3n) is 3.06. The standard InChI is InChI=1S/C14H18N6O3/c1-23-13(21)4-2-3-9-15-14(22)17-11-5-7-12(8-6-11)20-10-16-18-19-20/h5-8,10H,2-4,9H2,1H3,(H2,15,17,22). The number of hydrogen-bond donors (Lipinski definition) is 2. The molecule has 1 aromatic carbocycles. The van der Waals surface area contributed by atoms with E-state index in [0.29, 0.717) is 31.5 Å². The lowest BCUT2D eigenvalue weighted by atomic mass is 10.2. The van der Waals surface area contributed by atoms with Gasteiger partial charge in [0.25, 0.3) is 0 Å². The Hall–Kier alpha value is -2.97. The van der Waals surface area contributed by atoms with Gasteiger partial charge in [0, 0.05) is 18.7 Å². The van der Waals surface area contributed by atoms with Crippen molar-refractivity contribution in [1.82, 2.24) is 25.5 Å². The molecule has 0 saturated carbocycles. The number of urea groups is 1. The third-order valence-corrected chi connectivity index (χ3v) is 3.06. The van der Waals surface area contributed by atoms with Crippen molar-refractivity contribution in [2.75, 3.05) is 19.0 Å². The van der Waals surface area contributed by atoms with Crippen molar-refractivity contribution in [3.8, 4) is 5.69 Å². The summed E-state index contributed by atoms with van der Waals surface area (Å²) < 4.78 is 6.06. The van der Waals surface area contributed by atoms with E-state index >= 15 is 0 Å². The van der Waals surface area contributed by atoms with Gasteiger partial charge in [-0.25, -0.2) is 9.48 Å². The lowest BCUT2D eigenvalue weighted by Crippen LogP contribution is -2.29. The third kappa shape index (κ3) is 5.38. The lowest BCUT2D eigenvalue weighted by Gasteiger charge is -2.08. The maximum Gasteiger partial charge on any atom is 0.319 e. The molecular formula is C14H18N6O3. The first-order valence-corrected chi connectivity index (χ1v) is 7.14. The Kier molecular flexibility index (Phi) is 6.04. The van der Waals surface area contributed by atoms with Gasteiger partial charge in [0.05, 0.1) is 12.8 Å². The Bertz CT molecular complexity index is 626. The molecule has 9 heteroatoms. The van der Waals surface area contributed by atoms with E-state index in [1.54, 1.807) is 24.3 Å². The van der Waals surface area contributed by atoms with E-state index in [0.717, 1.165) is 5.69 Å². The molecule has 1 heterocycles. The lowest BCUT2D eigenvalue weighted by molar-refractivity contribution is -0.140. The van der Waals surface area contributed by atoms with Gasteiger partial charge in [-0.2, -0.15) is 0 Å². The minimum atomic E-state index is -0.293. The summed E-state index contributed by atoms with van der Waals surface area (Å²) in [6.45, 7) is 0.492. The zero-order valence-corrected chi connectivity index (χ0v) is 12.7. The van der Waals surface area contributed by atoms with Crippen LogP contribution in [0, 0.1) is 0 Å². The Morgan fingerprint density at radius 3 is 2.65 bits per heavy atom. The predicted molar refractivity (Wildman–Crippen MR) is 82.0 cm³/mol. The molecule has 122 valence electrons. The first-order valence-electron chi connectivity index (χ1n) is 7.14. The molecule has 2 amide bonds. The van der Waals surface area contributed by atoms with Gasteiger partial charge in [-0.15, -0.1) is 5.10 Å². The van der Waals surface area contributed by atoms with E-state index in [1.807, 2.05) is 0 Å². The number of ether oxygens (including phenoxy) is 1. The number of aromatic nitrogens is 4. The van der Waals surface area contributed by atoms with Crippen molar-refractivity contribution in [2.24, 2.45) is 0 Å². The van der Waals surface area contributed by atoms with Gasteiger partial charge in [-0.1, -0.05) is 0 Å². The zero-order chi connectivity index (χ0) is 16.5. The second-order valence-electron chi connectivity index (χ2n) is 4.72. The maximum atomic E-state index is 11.7. The summed E-state index contributed by atoms with van der Waals surface area (Å²) in [5, 5.41) is 16.3. The summed E-state index contributed by atoms with van der Waals surface area (Å²) >= 11 is 0. The number of amides is 2. The highest BCUT2D eigenvalue weighted by Gasteiger charge is 2.03. The Morgan fingerprint density at radius 2 is 2.00 bits per heavy atom. The first-order chi connectivity index (χ1) is 11.2. The number of carbonyl (C=O) groups is 2. The van der Waals surface area contributed by atoms with Crippen LogP contribution in [0.1, 0.15) is 19.3 Å². The van der Waals surface area contributed by atoms with Crippen LogP contribution in [0.15, 0.2) is 30.6 Å². The van der Waals surface area contributed by atoms with Gasteiger partial charge >= 0.3 is 12.0 Å². The smallest absolute Gasteiger partial charge is 0.319 e. The Labute approximate surface area is 133 Å². The predicted octanol–water partition coefficient (Wildman–Crippen LogP) is 1.13. The second-order valence-corrected chi connectivity index (χ2v) is 4.72. The van der Waals surface area contributed by atoms with E-state index < -0.39 is 0 Å². The summed E-state index contributed by atoms with van der Waals surface area (Å²) in [6, 6.07) is 6.81. The Morgan fingerprint density at radius 1 is 1.22 bits per heavy atom. The highest BCUT2D eigenvalue weighted by Crippen LogP contribution is 2.11. The highest BCUT2D eigenvalue weighted by molar-refractivity contribution is 5.89. The molecule has 23 heavy (non-hydrogen) atoms. The number of carbonyl (C=O) groups excluding carboxylic acids is 2. The number of hydrogen-bond acceptors (Lipinski definition) is 6. The van der Waals surface area contributed by atoms with Gasteiger partial charge in [0.2, 0.25) is 0 Å². The van der Waals surface area contributed by atoms with Gasteiger partial charge in [-0.05, 0) is 47.5 Å². The molecule has 0 aliphatic carbocycles. The molecule has 1 aromatic heterocycles. The van der Waals surface area contributed by atoms with Gasteiger partial charge in [0.1, 0.15) is 6.33 Å². The number of nitrogens with one attached hydrogen (secondary N) is 2. The molecule has 2 rings (SSSR count). The molecule has 9 nitrogen and oxygen atoms in total. The normalized spacial score (nSPS) is 10.1. The van der Waals surface area contributed by atoms with Crippen molar-refractivity contribution < 1.29 is 14.3 Å². The van der Waals surface area contributed by atoms with Crippen LogP contribution in [-0.4, -0.2) is 45.9 Å². The quantitative estimate of drug-likeness (QED) is 0.585. The van der Waals surface area contributed by atoms with E-state index in [-0.39, 0.29) is 12.0 Å². The molecule has 0 saturated heterocycles. The average Bonchev–Trinajstić information content (AvgIpc) is 3.09. The van der Waals surface area contributed by atoms with Crippen molar-refractivity contribution in [3.05, 3.63) is 30.6 Å². The van der Waals surface area contributed by atoms with E-state index in [2.05, 4.69) is 30.9 Å². The number of unbranched alkanes of at least 4 members (excludes halogenated alkanes) is 1. The highest BCUT2D eigenvalue weighted by atomic mass is 16.5. The monoisotopic (exact) mass is 318 g/mol. The number of methoxy groups -OCH3 is 1. The fourth-order valence-electron chi connectivity index (χ4n) is 1.85. The molecule has 0 aliphatic rings. The molecule has 2 aromatic rings. The number of nitrogens with zero attached hydrogens (tertiary/aromatic N) is 4. The topological polar surface area (TPSA) is 111 Å². The van der Waals surface area contributed by atoms with Gasteiger partial charge in [0.15, 0.2) is 0 Å². The van der Waals surface area contributed by atoms with Crippen LogP contribution in [0.25, 0.3) is 5.69 Å². The molecule has 0 bridgehead atoms. The molecule has 0 fully saturated rings. The molecule has 2 N–H and O–H groups in total. The van der Waals surface area contributed by atoms with Crippen LogP contribution in [0.3, 0.4) is 0 Å². The zero-order valence-electron chi connectivity index (χ0n) is 12.7. The number of anilines is 1. The van der Waals surface area contributed by atoms with Crippen molar-refractivity contribution >= 4 is 17.7 Å². The SMILES string of the molecule is COC(=O)CCCCNC(=O)Nc1ccc(-n2cnnn2)cc1. The average molecular weight is 318 g/mol. The van der Waals surface area contributed by atoms with E-state index in [9.17, 15) is 9.59 Å². The molecule has 0 radical (unpaired) electrons. The number of esters is 1. The number of benzene rings is 1. The fraction of sp³-hybridized carbons (Fsp3) is 0.357. The summed E-state index contributed by atoms with van der Waals surface area (Å²) in [4.78, 5) is 22.7. The minimum absolute atomic E-state index is 0.239. The summed E-state index contributed by atoms with van der Waals surface area (Å²) in [5.74, 6) is -0.239. The number of rotatable bonds is 7. The molecule has 0 unspecified atom stereocenters. The minimum Gasteiger partial charge on any atom is -0.469 e. The van der Waals surface area contributed by atoms with Crippen LogP contribution >= 0.6 is 0 Å². The van der Waals surface area contributed by atoms with Gasteiger partial charge in [-0.3, -0.25) is 4.79 Å². The fourth-order valence-corrected chi connectivity index (χ4v) is 1.85. The van der Waals surface area contributed by atoms with Crippen LogP contribution in [0.5, 0.6) is 0 Å². The van der Waals surface area contributed by atoms with E-state index in [1.165, 1.54) is 18.1 Å². The van der Waals surface area contributed by atoms with E-state index in [4.69, 9.17) is 0 Å².